The standard InChI is InChI=1S/C21H23NO/c1-16-9-7-8-12-19(16)21(2)14-13-17(20(21)23)15-22(3)18-10-5-4-6-11-18/h4-12,15H,13-14H2,1-3H3/b17-15-. The molecular weight excluding hydrogens is 282 g/mol. The lowest BCUT2D eigenvalue weighted by Crippen LogP contribution is -2.28. The van der Waals surface area contributed by atoms with E-state index in [-0.39, 0.29) is 5.78 Å². The number of hydrogen-bond donors (Lipinski definition) is 0. The zero-order valence-electron chi connectivity index (χ0n) is 14.0. The Balaban J connectivity index is 1.90. The van der Waals surface area contributed by atoms with Crippen LogP contribution in [0.1, 0.15) is 30.9 Å². The number of hydrogen-bond acceptors (Lipinski definition) is 2. The molecule has 2 aromatic rings. The van der Waals surface area contributed by atoms with Gasteiger partial charge in [0.15, 0.2) is 5.78 Å². The summed E-state index contributed by atoms with van der Waals surface area (Å²) in [5.74, 6) is 0.259. The van der Waals surface area contributed by atoms with Crippen molar-refractivity contribution in [1.82, 2.24) is 0 Å². The van der Waals surface area contributed by atoms with Gasteiger partial charge in [0.2, 0.25) is 0 Å². The average Bonchev–Trinajstić information content (AvgIpc) is 2.85. The summed E-state index contributed by atoms with van der Waals surface area (Å²) in [6.07, 6.45) is 3.72. The number of aryl methyl sites for hydroxylation is 1. The van der Waals surface area contributed by atoms with Gasteiger partial charge in [0.05, 0.1) is 5.41 Å². The summed E-state index contributed by atoms with van der Waals surface area (Å²) in [7, 11) is 2.00. The number of carbonyl (C=O) groups is 1. The zero-order chi connectivity index (χ0) is 16.4. The maximum atomic E-state index is 13.1. The van der Waals surface area contributed by atoms with E-state index in [0.29, 0.717) is 0 Å². The number of ketones is 1. The van der Waals surface area contributed by atoms with Crippen LogP contribution in [0.2, 0.25) is 0 Å². The van der Waals surface area contributed by atoms with E-state index in [1.165, 1.54) is 5.56 Å². The summed E-state index contributed by atoms with van der Waals surface area (Å²) in [6, 6.07) is 18.4. The minimum absolute atomic E-state index is 0.259. The number of Topliss-reactive ketones (excluding diaryl/α,β-unsaturated/α-hetero) is 1. The van der Waals surface area contributed by atoms with E-state index < -0.39 is 5.41 Å². The van der Waals surface area contributed by atoms with E-state index in [0.717, 1.165) is 29.7 Å². The molecule has 1 unspecified atom stereocenters. The van der Waals surface area contributed by atoms with Crippen LogP contribution in [0.5, 0.6) is 0 Å². The smallest absolute Gasteiger partial charge is 0.170 e. The molecule has 2 heteroatoms. The van der Waals surface area contributed by atoms with E-state index >= 15 is 0 Å². The molecule has 0 radical (unpaired) electrons. The minimum Gasteiger partial charge on any atom is -0.351 e. The van der Waals surface area contributed by atoms with Gasteiger partial charge in [0, 0.05) is 24.5 Å². The molecule has 0 spiro atoms. The molecular formula is C21H23NO. The van der Waals surface area contributed by atoms with Crippen molar-refractivity contribution in [1.29, 1.82) is 0 Å². The van der Waals surface area contributed by atoms with Crippen molar-refractivity contribution < 1.29 is 4.79 Å². The number of benzene rings is 2. The molecule has 0 heterocycles. The molecule has 2 aromatic carbocycles. The number of rotatable bonds is 3. The molecule has 118 valence electrons. The van der Waals surface area contributed by atoms with Crippen LogP contribution in [0, 0.1) is 6.92 Å². The first kappa shape index (κ1) is 15.5. The summed E-state index contributed by atoms with van der Waals surface area (Å²) < 4.78 is 0. The summed E-state index contributed by atoms with van der Waals surface area (Å²) in [5.41, 5.74) is 3.98. The van der Waals surface area contributed by atoms with Crippen molar-refractivity contribution in [3.8, 4) is 0 Å². The lowest BCUT2D eigenvalue weighted by molar-refractivity contribution is -0.118. The number of nitrogens with zero attached hydrogens (tertiary/aromatic N) is 1. The van der Waals surface area contributed by atoms with Crippen LogP contribution in [-0.4, -0.2) is 12.8 Å². The highest BCUT2D eigenvalue weighted by molar-refractivity contribution is 6.06. The van der Waals surface area contributed by atoms with Crippen LogP contribution < -0.4 is 4.90 Å². The fourth-order valence-electron chi connectivity index (χ4n) is 3.51. The molecule has 1 atom stereocenters. The molecule has 23 heavy (non-hydrogen) atoms. The van der Waals surface area contributed by atoms with Crippen molar-refractivity contribution in [2.45, 2.75) is 32.1 Å². The maximum absolute atomic E-state index is 13.1. The quantitative estimate of drug-likeness (QED) is 0.770. The Morgan fingerprint density at radius 1 is 1.04 bits per heavy atom. The van der Waals surface area contributed by atoms with Crippen LogP contribution in [0.25, 0.3) is 0 Å². The van der Waals surface area contributed by atoms with Crippen LogP contribution in [0.3, 0.4) is 0 Å². The van der Waals surface area contributed by atoms with E-state index in [9.17, 15) is 4.79 Å². The Morgan fingerprint density at radius 2 is 1.70 bits per heavy atom. The van der Waals surface area contributed by atoms with Crippen LogP contribution in [0.4, 0.5) is 5.69 Å². The fraction of sp³-hybridized carbons (Fsp3) is 0.286. The highest BCUT2D eigenvalue weighted by atomic mass is 16.1. The van der Waals surface area contributed by atoms with E-state index in [4.69, 9.17) is 0 Å². The monoisotopic (exact) mass is 305 g/mol. The molecule has 2 nitrogen and oxygen atoms in total. The third kappa shape index (κ3) is 2.81. The predicted molar refractivity (Wildman–Crippen MR) is 95.7 cm³/mol. The van der Waals surface area contributed by atoms with Crippen molar-refractivity contribution in [2.75, 3.05) is 11.9 Å². The molecule has 0 amide bonds. The van der Waals surface area contributed by atoms with E-state index in [2.05, 4.69) is 38.1 Å². The Bertz CT molecular complexity index is 747. The first-order valence-corrected chi connectivity index (χ1v) is 8.12. The van der Waals surface area contributed by atoms with Crippen molar-refractivity contribution in [3.05, 3.63) is 77.5 Å². The second-order valence-electron chi connectivity index (χ2n) is 6.58. The number of anilines is 1. The molecule has 0 N–H and O–H groups in total. The van der Waals surface area contributed by atoms with Gasteiger partial charge in [-0.05, 0) is 49.9 Å². The first-order chi connectivity index (χ1) is 11.0. The van der Waals surface area contributed by atoms with Crippen molar-refractivity contribution in [2.24, 2.45) is 0 Å². The fourth-order valence-corrected chi connectivity index (χ4v) is 3.51. The summed E-state index contributed by atoms with van der Waals surface area (Å²) in [6.45, 7) is 4.17. The Kier molecular flexibility index (Phi) is 4.08. The highest BCUT2D eigenvalue weighted by Gasteiger charge is 2.42. The Morgan fingerprint density at radius 3 is 2.39 bits per heavy atom. The Labute approximate surface area is 138 Å². The molecule has 0 aliphatic heterocycles. The first-order valence-electron chi connectivity index (χ1n) is 8.12. The average molecular weight is 305 g/mol. The summed E-state index contributed by atoms with van der Waals surface area (Å²) in [5, 5.41) is 0. The molecule has 1 saturated carbocycles. The SMILES string of the molecule is Cc1ccccc1C1(C)CC/C(=C/N(C)c2ccccc2)C1=O. The van der Waals surface area contributed by atoms with Gasteiger partial charge < -0.3 is 4.90 Å². The molecule has 3 rings (SSSR count). The van der Waals surface area contributed by atoms with Gasteiger partial charge in [0.25, 0.3) is 0 Å². The van der Waals surface area contributed by atoms with E-state index in [1.54, 1.807) is 0 Å². The topological polar surface area (TPSA) is 20.3 Å². The number of carbonyl (C=O) groups excluding carboxylic acids is 1. The Hall–Kier alpha value is -2.35. The van der Waals surface area contributed by atoms with Crippen LogP contribution >= 0.6 is 0 Å². The van der Waals surface area contributed by atoms with Gasteiger partial charge in [-0.1, -0.05) is 42.5 Å². The largest absolute Gasteiger partial charge is 0.351 e. The second-order valence-corrected chi connectivity index (χ2v) is 6.58. The van der Waals surface area contributed by atoms with Gasteiger partial charge >= 0.3 is 0 Å². The van der Waals surface area contributed by atoms with Gasteiger partial charge in [0.1, 0.15) is 0 Å². The normalized spacial score (nSPS) is 22.6. The third-order valence-electron chi connectivity index (χ3n) is 4.94. The molecule has 1 aliphatic rings. The zero-order valence-corrected chi connectivity index (χ0v) is 14.0. The van der Waals surface area contributed by atoms with Crippen molar-refractivity contribution in [3.63, 3.8) is 0 Å². The molecule has 0 bridgehead atoms. The molecule has 0 aromatic heterocycles. The number of allylic oxidation sites excluding steroid dienone is 1. The van der Waals surface area contributed by atoms with Crippen LogP contribution in [-0.2, 0) is 10.2 Å². The molecule has 0 saturated heterocycles. The van der Waals surface area contributed by atoms with Gasteiger partial charge in [-0.3, -0.25) is 4.79 Å². The van der Waals surface area contributed by atoms with Gasteiger partial charge in [-0.25, -0.2) is 0 Å². The molecule has 1 aliphatic carbocycles. The predicted octanol–water partition coefficient (Wildman–Crippen LogP) is 4.64. The highest BCUT2D eigenvalue weighted by Crippen LogP contribution is 2.42. The van der Waals surface area contributed by atoms with Gasteiger partial charge in [-0.2, -0.15) is 0 Å². The van der Waals surface area contributed by atoms with Gasteiger partial charge in [-0.15, -0.1) is 0 Å². The summed E-state index contributed by atoms with van der Waals surface area (Å²) >= 11 is 0. The second kappa shape index (κ2) is 6.04. The lowest BCUT2D eigenvalue weighted by atomic mass is 9.78. The van der Waals surface area contributed by atoms with Crippen LogP contribution in [0.15, 0.2) is 66.4 Å². The molecule has 1 fully saturated rings. The van der Waals surface area contributed by atoms with E-state index in [1.807, 2.05) is 48.5 Å². The number of para-hydroxylation sites is 1. The third-order valence-corrected chi connectivity index (χ3v) is 4.94. The maximum Gasteiger partial charge on any atom is 0.170 e. The lowest BCUT2D eigenvalue weighted by Gasteiger charge is -2.24. The van der Waals surface area contributed by atoms with Crippen molar-refractivity contribution >= 4 is 11.5 Å². The summed E-state index contributed by atoms with van der Waals surface area (Å²) in [4.78, 5) is 15.1. The minimum atomic E-state index is -0.394.